The van der Waals surface area contributed by atoms with Gasteiger partial charge in [0.1, 0.15) is 0 Å². The smallest absolute Gasteiger partial charge is 0.322 e. The molecule has 6 nitrogen and oxygen atoms in total. The number of carbonyl (C=O) groups excluding carboxylic acids is 1. The molecule has 1 N–H and O–H groups in total. The Balaban J connectivity index is 2.40. The van der Waals surface area contributed by atoms with Gasteiger partial charge in [0.05, 0.1) is 12.8 Å². The SMILES string of the molecule is COC(=O)CS(=O)(=O)N1CC(C)NCc2ccccc21. The van der Waals surface area contributed by atoms with Crippen LogP contribution < -0.4 is 9.62 Å². The number of para-hydroxylation sites is 1. The van der Waals surface area contributed by atoms with Crippen molar-refractivity contribution in [2.75, 3.05) is 23.7 Å². The fourth-order valence-corrected chi connectivity index (χ4v) is 3.65. The summed E-state index contributed by atoms with van der Waals surface area (Å²) in [4.78, 5) is 11.3. The maximum absolute atomic E-state index is 12.4. The summed E-state index contributed by atoms with van der Waals surface area (Å²) in [7, 11) is -2.57. The van der Waals surface area contributed by atoms with E-state index in [1.165, 1.54) is 11.4 Å². The number of carbonyl (C=O) groups is 1. The maximum Gasteiger partial charge on any atom is 0.322 e. The van der Waals surface area contributed by atoms with E-state index in [2.05, 4.69) is 10.1 Å². The minimum atomic E-state index is -3.75. The number of sulfonamides is 1. The summed E-state index contributed by atoms with van der Waals surface area (Å²) in [5.41, 5.74) is 1.51. The number of ether oxygens (including phenoxy) is 1. The number of methoxy groups -OCH3 is 1. The molecule has 1 aromatic rings. The van der Waals surface area contributed by atoms with E-state index in [-0.39, 0.29) is 12.6 Å². The number of rotatable bonds is 3. The van der Waals surface area contributed by atoms with E-state index in [0.29, 0.717) is 12.2 Å². The molecular weight excluding hydrogens is 280 g/mol. The van der Waals surface area contributed by atoms with Gasteiger partial charge in [0.2, 0.25) is 10.0 Å². The van der Waals surface area contributed by atoms with Crippen molar-refractivity contribution in [3.05, 3.63) is 29.8 Å². The van der Waals surface area contributed by atoms with Crippen molar-refractivity contribution >= 4 is 21.7 Å². The van der Waals surface area contributed by atoms with Crippen LogP contribution in [-0.4, -0.2) is 39.8 Å². The third kappa shape index (κ3) is 3.10. The lowest BCUT2D eigenvalue weighted by Crippen LogP contribution is -2.42. The molecule has 0 saturated heterocycles. The first-order valence-electron chi connectivity index (χ1n) is 6.32. The molecule has 0 radical (unpaired) electrons. The van der Waals surface area contributed by atoms with E-state index in [4.69, 9.17) is 0 Å². The zero-order valence-corrected chi connectivity index (χ0v) is 12.3. The summed E-state index contributed by atoms with van der Waals surface area (Å²) in [6, 6.07) is 7.27. The average Bonchev–Trinajstić information content (AvgIpc) is 2.58. The van der Waals surface area contributed by atoms with Crippen LogP contribution in [0.3, 0.4) is 0 Å². The zero-order valence-electron chi connectivity index (χ0n) is 11.5. The molecule has 0 saturated carbocycles. The highest BCUT2D eigenvalue weighted by atomic mass is 32.2. The van der Waals surface area contributed by atoms with E-state index in [0.717, 1.165) is 5.56 Å². The van der Waals surface area contributed by atoms with Crippen molar-refractivity contribution in [1.82, 2.24) is 5.32 Å². The van der Waals surface area contributed by atoms with Gasteiger partial charge < -0.3 is 10.1 Å². The van der Waals surface area contributed by atoms with Gasteiger partial charge in [0, 0.05) is 19.1 Å². The van der Waals surface area contributed by atoms with Gasteiger partial charge in [-0.3, -0.25) is 9.10 Å². The summed E-state index contributed by atoms with van der Waals surface area (Å²) in [6.45, 7) is 2.80. The lowest BCUT2D eigenvalue weighted by atomic mass is 10.2. The molecule has 0 amide bonds. The fourth-order valence-electron chi connectivity index (χ4n) is 2.15. The van der Waals surface area contributed by atoms with E-state index in [1.807, 2.05) is 19.1 Å². The second-order valence-electron chi connectivity index (χ2n) is 4.77. The van der Waals surface area contributed by atoms with Gasteiger partial charge in [-0.2, -0.15) is 0 Å². The molecule has 110 valence electrons. The summed E-state index contributed by atoms with van der Waals surface area (Å²) in [5, 5.41) is 3.25. The second kappa shape index (κ2) is 5.80. The summed E-state index contributed by atoms with van der Waals surface area (Å²) < 4.78 is 30.6. The Bertz CT molecular complexity index is 600. The predicted molar refractivity (Wildman–Crippen MR) is 75.9 cm³/mol. The largest absolute Gasteiger partial charge is 0.468 e. The van der Waals surface area contributed by atoms with Crippen LogP contribution in [0.25, 0.3) is 0 Å². The number of benzene rings is 1. The number of esters is 1. The first-order chi connectivity index (χ1) is 9.44. The van der Waals surface area contributed by atoms with E-state index in [9.17, 15) is 13.2 Å². The van der Waals surface area contributed by atoms with Crippen LogP contribution in [0.1, 0.15) is 12.5 Å². The summed E-state index contributed by atoms with van der Waals surface area (Å²) in [5.74, 6) is -1.41. The topological polar surface area (TPSA) is 75.7 Å². The molecule has 2 rings (SSSR count). The predicted octanol–water partition coefficient (Wildman–Crippen LogP) is 0.488. The summed E-state index contributed by atoms with van der Waals surface area (Å²) >= 11 is 0. The average molecular weight is 298 g/mol. The molecule has 20 heavy (non-hydrogen) atoms. The first kappa shape index (κ1) is 14.8. The van der Waals surface area contributed by atoms with E-state index in [1.54, 1.807) is 12.1 Å². The molecule has 1 atom stereocenters. The van der Waals surface area contributed by atoms with Crippen molar-refractivity contribution < 1.29 is 17.9 Å². The zero-order chi connectivity index (χ0) is 14.8. The summed E-state index contributed by atoms with van der Waals surface area (Å²) in [6.07, 6.45) is 0. The Labute approximate surface area is 118 Å². The molecule has 0 bridgehead atoms. The van der Waals surface area contributed by atoms with E-state index < -0.39 is 21.7 Å². The van der Waals surface area contributed by atoms with Crippen LogP contribution in [0, 0.1) is 0 Å². The monoisotopic (exact) mass is 298 g/mol. The molecule has 0 fully saturated rings. The van der Waals surface area contributed by atoms with Gasteiger partial charge in [0.25, 0.3) is 0 Å². The molecule has 7 heteroatoms. The number of anilines is 1. The van der Waals surface area contributed by atoms with Crippen LogP contribution in [0.5, 0.6) is 0 Å². The quantitative estimate of drug-likeness (QED) is 0.822. The molecular formula is C13H18N2O4S. The molecule has 0 aliphatic carbocycles. The third-order valence-corrected chi connectivity index (χ3v) is 4.82. The Morgan fingerprint density at radius 3 is 2.85 bits per heavy atom. The van der Waals surface area contributed by atoms with Crippen molar-refractivity contribution in [1.29, 1.82) is 0 Å². The van der Waals surface area contributed by atoms with Crippen LogP contribution in [0.2, 0.25) is 0 Å². The number of nitrogens with one attached hydrogen (secondary N) is 1. The van der Waals surface area contributed by atoms with Gasteiger partial charge in [-0.1, -0.05) is 18.2 Å². The van der Waals surface area contributed by atoms with Crippen molar-refractivity contribution in [2.24, 2.45) is 0 Å². The highest BCUT2D eigenvalue weighted by Crippen LogP contribution is 2.26. The highest BCUT2D eigenvalue weighted by molar-refractivity contribution is 7.93. The Hall–Kier alpha value is -1.60. The molecule has 1 aliphatic rings. The number of hydrogen-bond acceptors (Lipinski definition) is 5. The van der Waals surface area contributed by atoms with Gasteiger partial charge >= 0.3 is 5.97 Å². The van der Waals surface area contributed by atoms with Crippen LogP contribution in [-0.2, 0) is 26.1 Å². The molecule has 0 spiro atoms. The molecule has 1 aliphatic heterocycles. The van der Waals surface area contributed by atoms with E-state index >= 15 is 0 Å². The van der Waals surface area contributed by atoms with Crippen molar-refractivity contribution in [2.45, 2.75) is 19.5 Å². The Morgan fingerprint density at radius 2 is 2.15 bits per heavy atom. The Morgan fingerprint density at radius 1 is 1.45 bits per heavy atom. The normalized spacial score (nSPS) is 19.1. The van der Waals surface area contributed by atoms with Crippen molar-refractivity contribution in [3.63, 3.8) is 0 Å². The number of fused-ring (bicyclic) bond motifs is 1. The lowest BCUT2D eigenvalue weighted by Gasteiger charge is -2.25. The minimum absolute atomic E-state index is 0.00479. The molecule has 1 aromatic carbocycles. The molecule has 1 unspecified atom stereocenters. The Kier molecular flexibility index (Phi) is 4.29. The lowest BCUT2D eigenvalue weighted by molar-refractivity contribution is -0.137. The second-order valence-corrected chi connectivity index (χ2v) is 6.67. The van der Waals surface area contributed by atoms with Gasteiger partial charge in [-0.05, 0) is 18.6 Å². The molecule has 0 aromatic heterocycles. The molecule has 1 heterocycles. The maximum atomic E-state index is 12.4. The van der Waals surface area contributed by atoms with Gasteiger partial charge in [-0.25, -0.2) is 8.42 Å². The van der Waals surface area contributed by atoms with Gasteiger partial charge in [-0.15, -0.1) is 0 Å². The van der Waals surface area contributed by atoms with Crippen molar-refractivity contribution in [3.8, 4) is 0 Å². The number of nitrogens with zero attached hydrogens (tertiary/aromatic N) is 1. The highest BCUT2D eigenvalue weighted by Gasteiger charge is 2.30. The van der Waals surface area contributed by atoms with Crippen LogP contribution in [0.4, 0.5) is 5.69 Å². The minimum Gasteiger partial charge on any atom is -0.468 e. The number of hydrogen-bond donors (Lipinski definition) is 1. The van der Waals surface area contributed by atoms with Crippen LogP contribution >= 0.6 is 0 Å². The standard InChI is InChI=1S/C13H18N2O4S/c1-10-8-15(20(17,18)9-13(16)19-2)12-6-4-3-5-11(12)7-14-10/h3-6,10,14H,7-9H2,1-2H3. The fraction of sp³-hybridized carbons (Fsp3) is 0.462. The van der Waals surface area contributed by atoms with Crippen LogP contribution in [0.15, 0.2) is 24.3 Å². The third-order valence-electron chi connectivity index (χ3n) is 3.20. The van der Waals surface area contributed by atoms with Gasteiger partial charge in [0.15, 0.2) is 5.75 Å². The first-order valence-corrected chi connectivity index (χ1v) is 7.93.